The molecule has 0 aliphatic rings. The van der Waals surface area contributed by atoms with Crippen molar-refractivity contribution in [3.63, 3.8) is 0 Å². The Morgan fingerprint density at radius 2 is 1.74 bits per heavy atom. The van der Waals surface area contributed by atoms with Gasteiger partial charge in [0.15, 0.2) is 0 Å². The van der Waals surface area contributed by atoms with Crippen molar-refractivity contribution in [3.05, 3.63) is 59.1 Å². The molecule has 0 aliphatic carbocycles. The number of nitrogens with one attached hydrogen (secondary N) is 1. The number of ether oxygens (including phenoxy) is 1. The molecular weight excluding hydrogens is 364 g/mol. The molecule has 144 valence electrons. The Hall–Kier alpha value is -2.53. The fraction of sp³-hybridized carbons (Fsp3) is 0.333. The molecule has 0 aromatic heterocycles. The van der Waals surface area contributed by atoms with Gasteiger partial charge in [-0.1, -0.05) is 37.1 Å². The second kappa shape index (κ2) is 10.6. The zero-order valence-electron chi connectivity index (χ0n) is 15.7. The van der Waals surface area contributed by atoms with Gasteiger partial charge in [0.2, 0.25) is 11.8 Å². The smallest absolute Gasteiger partial charge is 0.243 e. The van der Waals surface area contributed by atoms with E-state index in [9.17, 15) is 9.59 Å². The third kappa shape index (κ3) is 7.31. The third-order valence-electron chi connectivity index (χ3n) is 4.02. The van der Waals surface area contributed by atoms with E-state index in [2.05, 4.69) is 12.2 Å². The number of unbranched alkanes of at least 4 members (excludes halogenated alkanes) is 1. The average Bonchev–Trinajstić information content (AvgIpc) is 2.65. The van der Waals surface area contributed by atoms with Crippen LogP contribution in [-0.2, 0) is 16.2 Å². The van der Waals surface area contributed by atoms with E-state index in [4.69, 9.17) is 16.3 Å². The lowest BCUT2D eigenvalue weighted by molar-refractivity contribution is -0.132. The standard InChI is InChI=1S/C21H25ClN2O3/c1-3-4-13-24(16(2)25)14-21(26)23-19-9-11-20(12-10-19)27-15-17-5-7-18(22)8-6-17/h5-12H,3-4,13-15H2,1-2H3,(H,23,26). The van der Waals surface area contributed by atoms with E-state index in [0.717, 1.165) is 18.4 Å². The predicted molar refractivity (Wildman–Crippen MR) is 108 cm³/mol. The van der Waals surface area contributed by atoms with Crippen LogP contribution in [0.25, 0.3) is 0 Å². The first-order valence-electron chi connectivity index (χ1n) is 9.00. The summed E-state index contributed by atoms with van der Waals surface area (Å²) in [6.07, 6.45) is 1.86. The quantitative estimate of drug-likeness (QED) is 0.687. The number of benzene rings is 2. The molecule has 2 rings (SSSR count). The fourth-order valence-electron chi connectivity index (χ4n) is 2.45. The number of hydrogen-bond acceptors (Lipinski definition) is 3. The lowest BCUT2D eigenvalue weighted by atomic mass is 10.2. The van der Waals surface area contributed by atoms with Crippen molar-refractivity contribution in [1.29, 1.82) is 0 Å². The van der Waals surface area contributed by atoms with Gasteiger partial charge in [-0.3, -0.25) is 9.59 Å². The van der Waals surface area contributed by atoms with Crippen LogP contribution in [0.3, 0.4) is 0 Å². The van der Waals surface area contributed by atoms with Gasteiger partial charge in [-0.15, -0.1) is 0 Å². The summed E-state index contributed by atoms with van der Waals surface area (Å²) in [5, 5.41) is 3.50. The third-order valence-corrected chi connectivity index (χ3v) is 4.27. The van der Waals surface area contributed by atoms with Crippen molar-refractivity contribution in [2.24, 2.45) is 0 Å². The second-order valence-electron chi connectivity index (χ2n) is 6.28. The van der Waals surface area contributed by atoms with Gasteiger partial charge < -0.3 is 15.0 Å². The van der Waals surface area contributed by atoms with Gasteiger partial charge in [0.05, 0.1) is 6.54 Å². The van der Waals surface area contributed by atoms with Crippen molar-refractivity contribution >= 4 is 29.1 Å². The van der Waals surface area contributed by atoms with Crippen molar-refractivity contribution in [1.82, 2.24) is 4.90 Å². The Morgan fingerprint density at radius 3 is 2.33 bits per heavy atom. The van der Waals surface area contributed by atoms with Crippen LogP contribution in [0.1, 0.15) is 32.3 Å². The van der Waals surface area contributed by atoms with Crippen LogP contribution in [0.4, 0.5) is 5.69 Å². The number of amides is 2. The average molecular weight is 389 g/mol. The molecule has 0 bridgehead atoms. The van der Waals surface area contributed by atoms with Crippen LogP contribution in [0.5, 0.6) is 5.75 Å². The number of halogens is 1. The highest BCUT2D eigenvalue weighted by Crippen LogP contribution is 2.18. The Balaban J connectivity index is 1.84. The van der Waals surface area contributed by atoms with E-state index in [1.165, 1.54) is 6.92 Å². The molecule has 0 heterocycles. The van der Waals surface area contributed by atoms with Crippen molar-refractivity contribution in [2.75, 3.05) is 18.4 Å². The van der Waals surface area contributed by atoms with Crippen LogP contribution in [0.15, 0.2) is 48.5 Å². The molecule has 0 saturated heterocycles. The molecule has 0 unspecified atom stereocenters. The van der Waals surface area contributed by atoms with E-state index in [-0.39, 0.29) is 18.4 Å². The van der Waals surface area contributed by atoms with E-state index < -0.39 is 0 Å². The first-order chi connectivity index (χ1) is 13.0. The minimum absolute atomic E-state index is 0.0597. The fourth-order valence-corrected chi connectivity index (χ4v) is 2.58. The topological polar surface area (TPSA) is 58.6 Å². The van der Waals surface area contributed by atoms with Crippen LogP contribution < -0.4 is 10.1 Å². The van der Waals surface area contributed by atoms with Crippen molar-refractivity contribution in [2.45, 2.75) is 33.3 Å². The number of hydrogen-bond donors (Lipinski definition) is 1. The minimum Gasteiger partial charge on any atom is -0.489 e. The van der Waals surface area contributed by atoms with Crippen LogP contribution in [-0.4, -0.2) is 29.8 Å². The Labute approximate surface area is 165 Å². The van der Waals surface area contributed by atoms with Gasteiger partial charge in [-0.2, -0.15) is 0 Å². The summed E-state index contributed by atoms with van der Waals surface area (Å²) in [6.45, 7) is 4.62. The molecule has 5 nitrogen and oxygen atoms in total. The molecule has 0 spiro atoms. The van der Waals surface area contributed by atoms with E-state index in [1.807, 2.05) is 24.3 Å². The summed E-state index contributed by atoms with van der Waals surface area (Å²) >= 11 is 5.86. The number of carbonyl (C=O) groups excluding carboxylic acids is 2. The molecule has 2 amide bonds. The highest BCUT2D eigenvalue weighted by molar-refractivity contribution is 6.30. The highest BCUT2D eigenvalue weighted by atomic mass is 35.5. The lowest BCUT2D eigenvalue weighted by Crippen LogP contribution is -2.37. The van der Waals surface area contributed by atoms with Crippen LogP contribution >= 0.6 is 11.6 Å². The Kier molecular flexibility index (Phi) is 8.14. The second-order valence-corrected chi connectivity index (χ2v) is 6.72. The molecule has 0 aliphatic heterocycles. The van der Waals surface area contributed by atoms with Crippen LogP contribution in [0, 0.1) is 0 Å². The highest BCUT2D eigenvalue weighted by Gasteiger charge is 2.13. The summed E-state index contributed by atoms with van der Waals surface area (Å²) in [7, 11) is 0. The Morgan fingerprint density at radius 1 is 1.07 bits per heavy atom. The SMILES string of the molecule is CCCCN(CC(=O)Nc1ccc(OCc2ccc(Cl)cc2)cc1)C(C)=O. The van der Waals surface area contributed by atoms with Crippen molar-refractivity contribution in [3.8, 4) is 5.75 Å². The maximum absolute atomic E-state index is 12.2. The number of nitrogens with zero attached hydrogens (tertiary/aromatic N) is 1. The van der Waals surface area contributed by atoms with E-state index in [0.29, 0.717) is 29.6 Å². The maximum atomic E-state index is 12.2. The van der Waals surface area contributed by atoms with E-state index in [1.54, 1.807) is 29.2 Å². The largest absolute Gasteiger partial charge is 0.489 e. The molecule has 0 radical (unpaired) electrons. The minimum atomic E-state index is -0.212. The molecule has 1 N–H and O–H groups in total. The molecular formula is C21H25ClN2O3. The summed E-state index contributed by atoms with van der Waals surface area (Å²) in [5.41, 5.74) is 1.69. The zero-order valence-corrected chi connectivity index (χ0v) is 16.5. The molecule has 27 heavy (non-hydrogen) atoms. The summed E-state index contributed by atoms with van der Waals surface area (Å²) in [4.78, 5) is 25.3. The monoisotopic (exact) mass is 388 g/mol. The van der Waals surface area contributed by atoms with Gasteiger partial charge in [-0.25, -0.2) is 0 Å². The Bertz CT molecular complexity index is 745. The zero-order chi connectivity index (χ0) is 19.6. The van der Waals surface area contributed by atoms with Gasteiger partial charge >= 0.3 is 0 Å². The normalized spacial score (nSPS) is 10.3. The van der Waals surface area contributed by atoms with Crippen LogP contribution in [0.2, 0.25) is 5.02 Å². The molecule has 0 atom stereocenters. The molecule has 2 aromatic rings. The maximum Gasteiger partial charge on any atom is 0.243 e. The number of anilines is 1. The van der Waals surface area contributed by atoms with Crippen molar-refractivity contribution < 1.29 is 14.3 Å². The lowest BCUT2D eigenvalue weighted by Gasteiger charge is -2.20. The first kappa shape index (κ1) is 20.8. The molecule has 2 aromatic carbocycles. The molecule has 0 fully saturated rings. The molecule has 0 saturated carbocycles. The summed E-state index contributed by atoms with van der Waals surface area (Å²) in [5.74, 6) is 0.400. The predicted octanol–water partition coefficient (Wildman–Crippen LogP) is 4.51. The summed E-state index contributed by atoms with van der Waals surface area (Å²) in [6, 6.07) is 14.6. The van der Waals surface area contributed by atoms with Gasteiger partial charge in [0, 0.05) is 24.2 Å². The summed E-state index contributed by atoms with van der Waals surface area (Å²) < 4.78 is 5.72. The number of carbonyl (C=O) groups is 2. The number of rotatable bonds is 9. The van der Waals surface area contributed by atoms with Gasteiger partial charge in [0.1, 0.15) is 12.4 Å². The first-order valence-corrected chi connectivity index (χ1v) is 9.38. The van der Waals surface area contributed by atoms with Gasteiger partial charge in [0.25, 0.3) is 0 Å². The molecule has 6 heteroatoms. The van der Waals surface area contributed by atoms with E-state index >= 15 is 0 Å². The van der Waals surface area contributed by atoms with Gasteiger partial charge in [-0.05, 0) is 48.4 Å².